The maximum atomic E-state index is 6.25. The minimum Gasteiger partial charge on any atom is -0.464 e. The smallest absolute Gasteiger partial charge is 0.244 e. The Bertz CT molecular complexity index is 733. The van der Waals surface area contributed by atoms with Crippen molar-refractivity contribution in [1.29, 1.82) is 0 Å². The second kappa shape index (κ2) is 9.92. The highest BCUT2D eigenvalue weighted by atomic mass is 79.9. The predicted molar refractivity (Wildman–Crippen MR) is 141 cm³/mol. The lowest BCUT2D eigenvalue weighted by Crippen LogP contribution is -2.55. The van der Waals surface area contributed by atoms with E-state index in [0.717, 1.165) is 11.1 Å². The molecule has 9 heteroatoms. The average molecular weight is 872 g/mol. The van der Waals surface area contributed by atoms with E-state index in [-0.39, 0.29) is 4.83 Å². The molecule has 0 spiro atoms. The maximum Gasteiger partial charge on any atom is 0.244 e. The largest absolute Gasteiger partial charge is 0.464 e. The first kappa shape index (κ1) is 24.4. The summed E-state index contributed by atoms with van der Waals surface area (Å²) in [5.41, 5.74) is 2.21. The van der Waals surface area contributed by atoms with Crippen LogP contribution >= 0.6 is 127 Å². The van der Waals surface area contributed by atoms with E-state index in [4.69, 9.17) is 4.74 Å². The topological polar surface area (TPSA) is 9.23 Å². The van der Waals surface area contributed by atoms with Crippen LogP contribution in [0.5, 0.6) is 5.75 Å². The van der Waals surface area contributed by atoms with Gasteiger partial charge in [0.1, 0.15) is 8.98 Å². The fourth-order valence-corrected chi connectivity index (χ4v) is 8.04. The molecule has 2 aromatic carbocycles. The van der Waals surface area contributed by atoms with Crippen LogP contribution in [-0.4, -0.2) is 20.0 Å². The molecule has 0 amide bonds. The number of halogens is 8. The Morgan fingerprint density at radius 3 is 1.96 bits per heavy atom. The van der Waals surface area contributed by atoms with Gasteiger partial charge in [-0.1, -0.05) is 138 Å². The summed E-state index contributed by atoms with van der Waals surface area (Å²) in [6.07, 6.45) is 0. The monoisotopic (exact) mass is 863 g/mol. The molecule has 2 rings (SSSR count). The Balaban J connectivity index is 2.32. The minimum absolute atomic E-state index is 0.0301. The molecule has 0 aliphatic rings. The second-order valence-electron chi connectivity index (χ2n) is 5.33. The van der Waals surface area contributed by atoms with Crippen LogP contribution in [0.25, 0.3) is 11.1 Å². The summed E-state index contributed by atoms with van der Waals surface area (Å²) in [5.74, 6) is 0.712. The number of ether oxygens (including phenoxy) is 1. The molecule has 1 unspecified atom stereocenters. The van der Waals surface area contributed by atoms with Crippen LogP contribution in [0, 0.1) is 0 Å². The van der Waals surface area contributed by atoms with Crippen molar-refractivity contribution in [3.05, 3.63) is 54.6 Å². The van der Waals surface area contributed by atoms with Gasteiger partial charge in [0, 0.05) is 5.33 Å². The van der Waals surface area contributed by atoms with Crippen molar-refractivity contribution in [1.82, 2.24) is 0 Å². The molecule has 0 saturated heterocycles. The third-order valence-corrected chi connectivity index (χ3v) is 17.7. The van der Waals surface area contributed by atoms with Gasteiger partial charge in [0.05, 0.1) is 4.83 Å². The Kier molecular flexibility index (Phi) is 9.29. The van der Waals surface area contributed by atoms with Gasteiger partial charge in [-0.2, -0.15) is 0 Å². The highest BCUT2D eigenvalue weighted by Gasteiger charge is 2.61. The standard InChI is InChI=1S/C17H12Br8O/c18-10-14(19)15(20,21)16(22,23)17(24,25)26-13-8-4-7-12(9-13)11-5-2-1-3-6-11/h1-9,14H,10H2. The van der Waals surface area contributed by atoms with E-state index in [1.165, 1.54) is 0 Å². The molecule has 0 radical (unpaired) electrons. The van der Waals surface area contributed by atoms with Crippen LogP contribution in [0.1, 0.15) is 0 Å². The zero-order chi connectivity index (χ0) is 19.6. The predicted octanol–water partition coefficient (Wildman–Crippen LogP) is 9.31. The first-order valence-corrected chi connectivity index (χ1v) is 14.0. The summed E-state index contributed by atoms with van der Waals surface area (Å²) in [6, 6.07) is 18.1. The van der Waals surface area contributed by atoms with Crippen LogP contribution in [0.3, 0.4) is 0 Å². The van der Waals surface area contributed by atoms with Crippen LogP contribution in [0.4, 0.5) is 0 Å². The Morgan fingerprint density at radius 2 is 1.38 bits per heavy atom. The SMILES string of the molecule is BrCC(Br)C(Br)(Br)C(Br)(Br)C(Br)(Br)Oc1cccc(-c2ccccc2)c1. The molecule has 0 fully saturated rings. The summed E-state index contributed by atoms with van der Waals surface area (Å²) in [7, 11) is 0. The minimum atomic E-state index is -0.983. The summed E-state index contributed by atoms with van der Waals surface area (Å²) in [4.78, 5) is 0.0301. The highest BCUT2D eigenvalue weighted by Crippen LogP contribution is 2.62. The van der Waals surface area contributed by atoms with Gasteiger partial charge >= 0.3 is 0 Å². The first-order valence-electron chi connectivity index (χ1n) is 7.21. The lowest BCUT2D eigenvalue weighted by molar-refractivity contribution is 0.256. The molecule has 0 saturated carbocycles. The highest BCUT2D eigenvalue weighted by molar-refractivity contribution is 9.33. The number of alkyl halides is 8. The van der Waals surface area contributed by atoms with Crippen molar-refractivity contribution in [2.75, 3.05) is 5.33 Å². The van der Waals surface area contributed by atoms with Gasteiger partial charge < -0.3 is 4.74 Å². The third-order valence-electron chi connectivity index (χ3n) is 3.50. The molecular formula is C17H12Br8O. The van der Waals surface area contributed by atoms with Crippen LogP contribution in [0.2, 0.25) is 0 Å². The number of hydrogen-bond donors (Lipinski definition) is 0. The van der Waals surface area contributed by atoms with Gasteiger partial charge in [0.25, 0.3) is 0 Å². The van der Waals surface area contributed by atoms with E-state index in [1.807, 2.05) is 36.4 Å². The van der Waals surface area contributed by atoms with Crippen molar-refractivity contribution < 1.29 is 4.74 Å². The molecule has 0 N–H and O–H groups in total. The molecule has 2 aromatic rings. The molecule has 0 aromatic heterocycles. The summed E-state index contributed by atoms with van der Waals surface area (Å²) in [5, 5.41) is 0.710. The lowest BCUT2D eigenvalue weighted by Gasteiger charge is -2.44. The number of hydrogen-bond acceptors (Lipinski definition) is 1. The molecule has 26 heavy (non-hydrogen) atoms. The third kappa shape index (κ3) is 5.41. The molecule has 142 valence electrons. The van der Waals surface area contributed by atoms with Crippen molar-refractivity contribution in [3.63, 3.8) is 0 Å². The van der Waals surface area contributed by atoms with E-state index in [0.29, 0.717) is 11.1 Å². The maximum absolute atomic E-state index is 6.25. The van der Waals surface area contributed by atoms with Crippen molar-refractivity contribution >= 4 is 127 Å². The van der Waals surface area contributed by atoms with E-state index < -0.39 is 9.89 Å². The van der Waals surface area contributed by atoms with Gasteiger partial charge in [-0.25, -0.2) is 0 Å². The Hall–Kier alpha value is 2.08. The fourth-order valence-electron chi connectivity index (χ4n) is 2.07. The zero-order valence-electron chi connectivity index (χ0n) is 12.9. The molecule has 1 atom stereocenters. The van der Waals surface area contributed by atoms with Gasteiger partial charge in [-0.15, -0.1) is 0 Å². The van der Waals surface area contributed by atoms with Gasteiger partial charge in [-0.3, -0.25) is 0 Å². The number of benzene rings is 2. The summed E-state index contributed by atoms with van der Waals surface area (Å²) in [6.45, 7) is 0. The molecule has 0 aliphatic heterocycles. The van der Waals surface area contributed by atoms with Crippen molar-refractivity contribution in [2.24, 2.45) is 0 Å². The van der Waals surface area contributed by atoms with Gasteiger partial charge in [0.15, 0.2) is 3.23 Å². The first-order chi connectivity index (χ1) is 12.0. The Labute approximate surface area is 220 Å². The van der Waals surface area contributed by atoms with Crippen LogP contribution in [0.15, 0.2) is 54.6 Å². The fraction of sp³-hybridized carbons (Fsp3) is 0.294. The molecule has 1 nitrogen and oxygen atoms in total. The van der Waals surface area contributed by atoms with Crippen molar-refractivity contribution in [2.45, 2.75) is 14.7 Å². The second-order valence-corrected chi connectivity index (χ2v) is 17.4. The van der Waals surface area contributed by atoms with Crippen molar-refractivity contribution in [3.8, 4) is 16.9 Å². The number of rotatable bonds is 7. The normalized spacial score (nSPS) is 14.2. The lowest BCUT2D eigenvalue weighted by atomic mass is 10.1. The van der Waals surface area contributed by atoms with Gasteiger partial charge in [-0.05, 0) is 55.1 Å². The summed E-state index contributed by atoms with van der Waals surface area (Å²) >= 11 is 29.4. The van der Waals surface area contributed by atoms with E-state index in [9.17, 15) is 0 Å². The zero-order valence-corrected chi connectivity index (χ0v) is 25.6. The quantitative estimate of drug-likeness (QED) is 0.253. The van der Waals surface area contributed by atoms with Gasteiger partial charge in [0.2, 0.25) is 3.42 Å². The van der Waals surface area contributed by atoms with E-state index >= 15 is 0 Å². The van der Waals surface area contributed by atoms with Crippen LogP contribution in [-0.2, 0) is 0 Å². The van der Waals surface area contributed by atoms with Crippen LogP contribution < -0.4 is 4.74 Å². The molecule has 0 aliphatic carbocycles. The van der Waals surface area contributed by atoms with E-state index in [1.54, 1.807) is 0 Å². The van der Waals surface area contributed by atoms with E-state index in [2.05, 4.69) is 146 Å². The molecule has 0 heterocycles. The molecular weight excluding hydrogens is 859 g/mol. The summed E-state index contributed by atoms with van der Waals surface area (Å²) < 4.78 is 3.87. The molecule has 0 bridgehead atoms. The Morgan fingerprint density at radius 1 is 0.808 bits per heavy atom. The average Bonchev–Trinajstić information content (AvgIpc) is 2.61.